The second-order valence-electron chi connectivity index (χ2n) is 16.0. The number of fused-ring (bicyclic) bond motifs is 8. The van der Waals surface area contributed by atoms with Gasteiger partial charge >= 0.3 is 0 Å². The van der Waals surface area contributed by atoms with Gasteiger partial charge in [-0.15, -0.1) is 0 Å². The van der Waals surface area contributed by atoms with Crippen LogP contribution in [0.2, 0.25) is 0 Å². The van der Waals surface area contributed by atoms with E-state index in [4.69, 9.17) is 9.47 Å². The van der Waals surface area contributed by atoms with Crippen molar-refractivity contribution in [2.24, 2.45) is 52.8 Å². The number of aliphatic hydroxyl groups excluding tert-OH is 4. The number of Topliss-reactive ketones (excluding diaryl/α,β-unsaturated/α-hetero) is 1. The summed E-state index contributed by atoms with van der Waals surface area (Å²) in [6, 6.07) is 0.276. The number of hydrogen-bond acceptors (Lipinski definition) is 9. The Labute approximate surface area is 249 Å². The summed E-state index contributed by atoms with van der Waals surface area (Å²) >= 11 is 0. The first-order valence-electron chi connectivity index (χ1n) is 16.9. The zero-order valence-corrected chi connectivity index (χ0v) is 25.6. The fourth-order valence-electron chi connectivity index (χ4n) is 11.8. The molecule has 3 aliphatic heterocycles. The first-order valence-corrected chi connectivity index (χ1v) is 16.9. The normalized spacial score (nSPS) is 57.9. The van der Waals surface area contributed by atoms with E-state index < -0.39 is 42.9 Å². The molecule has 0 unspecified atom stereocenters. The summed E-state index contributed by atoms with van der Waals surface area (Å²) in [6.45, 7) is 8.49. The highest BCUT2D eigenvalue weighted by atomic mass is 16.7. The molecule has 7 aliphatic rings. The minimum atomic E-state index is -1.47. The Bertz CT molecular complexity index is 1040. The molecule has 0 radical (unpaired) electrons. The zero-order valence-electron chi connectivity index (χ0n) is 25.6. The van der Waals surface area contributed by atoms with E-state index in [0.717, 1.165) is 51.6 Å². The number of nitrogens with zero attached hydrogens (tertiary/aromatic N) is 1. The maximum atomic E-state index is 13.9. The first kappa shape index (κ1) is 30.0. The standard InChI is InChI=1S/C33H53NO8/c1-16-4-7-27-33(3,40)22-6-5-18-19(21(22)14-34(27)13-16)11-23-20(18)12-25(36)24-10-17(8-9-32(23,24)2)41-31-30(39)29(38)28(37)26(15-35)42-31/h16-24,26-31,35,37-40H,4-15H2,1-3H3/t16-,17-,18-,19-,20+,21+,22+,23+,24-,26-,27+,28-,29+,30-,31-,32+,33+/m1/s1. The number of rotatable bonds is 3. The average molecular weight is 592 g/mol. The van der Waals surface area contributed by atoms with E-state index in [0.29, 0.717) is 60.1 Å². The van der Waals surface area contributed by atoms with E-state index in [2.05, 4.69) is 25.7 Å². The monoisotopic (exact) mass is 591 g/mol. The predicted molar refractivity (Wildman–Crippen MR) is 153 cm³/mol. The molecule has 9 heteroatoms. The van der Waals surface area contributed by atoms with Crippen LogP contribution in [0.5, 0.6) is 0 Å². The lowest BCUT2D eigenvalue weighted by Gasteiger charge is -2.59. The molecule has 7 fully saturated rings. The highest BCUT2D eigenvalue weighted by molar-refractivity contribution is 5.83. The van der Waals surface area contributed by atoms with Crippen LogP contribution in [0, 0.1) is 52.8 Å². The van der Waals surface area contributed by atoms with Crippen molar-refractivity contribution in [3.63, 3.8) is 0 Å². The van der Waals surface area contributed by atoms with Crippen LogP contribution in [-0.2, 0) is 14.3 Å². The largest absolute Gasteiger partial charge is 0.394 e. The number of ether oxygens (including phenoxy) is 2. The van der Waals surface area contributed by atoms with Crippen molar-refractivity contribution in [1.82, 2.24) is 4.90 Å². The second kappa shape index (κ2) is 10.7. The third kappa shape index (κ3) is 4.50. The van der Waals surface area contributed by atoms with Crippen molar-refractivity contribution in [2.75, 3.05) is 19.7 Å². The molecule has 3 saturated heterocycles. The molecular formula is C33H53NO8. The van der Waals surface area contributed by atoms with Crippen LogP contribution < -0.4 is 0 Å². The van der Waals surface area contributed by atoms with Crippen molar-refractivity contribution in [3.05, 3.63) is 0 Å². The maximum Gasteiger partial charge on any atom is 0.186 e. The van der Waals surface area contributed by atoms with E-state index in [1.165, 1.54) is 6.42 Å². The lowest BCUT2D eigenvalue weighted by Crippen LogP contribution is -2.67. The molecule has 0 spiro atoms. The Morgan fingerprint density at radius 1 is 0.905 bits per heavy atom. The van der Waals surface area contributed by atoms with Gasteiger partial charge in [0, 0.05) is 31.5 Å². The second-order valence-corrected chi connectivity index (χ2v) is 16.0. The highest BCUT2D eigenvalue weighted by Crippen LogP contribution is 2.66. The van der Waals surface area contributed by atoms with Crippen molar-refractivity contribution < 1.29 is 39.8 Å². The Morgan fingerprint density at radius 3 is 2.45 bits per heavy atom. The molecule has 42 heavy (non-hydrogen) atoms. The lowest BCUT2D eigenvalue weighted by molar-refractivity contribution is -0.315. The third-order valence-electron chi connectivity index (χ3n) is 14.0. The fraction of sp³-hybridized carbons (Fsp3) is 0.970. The van der Waals surface area contributed by atoms with E-state index in [-0.39, 0.29) is 23.5 Å². The summed E-state index contributed by atoms with van der Waals surface area (Å²) in [7, 11) is 0. The van der Waals surface area contributed by atoms with Gasteiger partial charge in [-0.05, 0) is 105 Å². The number of carbonyl (C=O) groups is 1. The molecule has 238 valence electrons. The molecule has 3 heterocycles. The number of aliphatic hydroxyl groups is 5. The molecule has 5 N–H and O–H groups in total. The molecule has 7 rings (SSSR count). The van der Waals surface area contributed by atoms with Crippen molar-refractivity contribution in [1.29, 1.82) is 0 Å². The third-order valence-corrected chi connectivity index (χ3v) is 14.0. The summed E-state index contributed by atoms with van der Waals surface area (Å²) < 4.78 is 11.8. The molecule has 0 aromatic heterocycles. The van der Waals surface area contributed by atoms with Crippen molar-refractivity contribution in [3.8, 4) is 0 Å². The van der Waals surface area contributed by atoms with Crippen molar-refractivity contribution in [2.45, 2.75) is 127 Å². The predicted octanol–water partition coefficient (Wildman–Crippen LogP) is 1.71. The topological polar surface area (TPSA) is 140 Å². The number of carbonyl (C=O) groups excluding carboxylic acids is 1. The van der Waals surface area contributed by atoms with Gasteiger partial charge in [-0.1, -0.05) is 13.8 Å². The van der Waals surface area contributed by atoms with Gasteiger partial charge in [0.2, 0.25) is 0 Å². The number of ketones is 1. The molecule has 17 atom stereocenters. The molecule has 0 amide bonds. The summed E-state index contributed by atoms with van der Waals surface area (Å²) in [5.41, 5.74) is -0.745. The van der Waals surface area contributed by atoms with Crippen LogP contribution in [0.15, 0.2) is 0 Å². The van der Waals surface area contributed by atoms with Crippen LogP contribution in [0.3, 0.4) is 0 Å². The van der Waals surface area contributed by atoms with Gasteiger partial charge in [0.15, 0.2) is 6.29 Å². The van der Waals surface area contributed by atoms with Crippen LogP contribution in [0.25, 0.3) is 0 Å². The lowest BCUT2D eigenvalue weighted by atomic mass is 9.51. The van der Waals surface area contributed by atoms with Gasteiger partial charge in [-0.3, -0.25) is 9.69 Å². The highest BCUT2D eigenvalue weighted by Gasteiger charge is 2.64. The molecule has 4 aliphatic carbocycles. The van der Waals surface area contributed by atoms with E-state index in [9.17, 15) is 30.3 Å². The molecule has 4 saturated carbocycles. The molecular weight excluding hydrogens is 538 g/mol. The smallest absolute Gasteiger partial charge is 0.186 e. The Hall–Kier alpha value is -0.650. The van der Waals surface area contributed by atoms with E-state index >= 15 is 0 Å². The van der Waals surface area contributed by atoms with Crippen molar-refractivity contribution >= 4 is 5.78 Å². The quantitative estimate of drug-likeness (QED) is 0.310. The van der Waals surface area contributed by atoms with Gasteiger partial charge in [0.1, 0.15) is 30.2 Å². The summed E-state index contributed by atoms with van der Waals surface area (Å²) in [5, 5.41) is 52.4. The van der Waals surface area contributed by atoms with Crippen LogP contribution >= 0.6 is 0 Å². The van der Waals surface area contributed by atoms with E-state index in [1.54, 1.807) is 0 Å². The number of hydrogen-bond donors (Lipinski definition) is 5. The molecule has 9 nitrogen and oxygen atoms in total. The zero-order chi connectivity index (χ0) is 29.7. The van der Waals surface area contributed by atoms with Gasteiger partial charge in [-0.2, -0.15) is 0 Å². The van der Waals surface area contributed by atoms with Crippen LogP contribution in [0.1, 0.15) is 78.6 Å². The maximum absolute atomic E-state index is 13.9. The Balaban J connectivity index is 1.07. The van der Waals surface area contributed by atoms with Gasteiger partial charge in [0.05, 0.1) is 18.3 Å². The molecule has 0 aromatic rings. The fourth-order valence-corrected chi connectivity index (χ4v) is 11.8. The molecule has 0 aromatic carbocycles. The SMILES string of the molecule is C[C@@H]1CC[C@@H]2N(C1)C[C@H]1[C@@H]3C[C@H]4[C@@H](CC(=O)[C@H]5C[C@H](O[C@@H]6O[C@H](CO)[C@@H](O)[C@H](O)[C@H]6O)CC[C@]54C)[C@@H]3CC[C@@H]1[C@]2(C)O. The first-order chi connectivity index (χ1) is 19.9. The Kier molecular flexibility index (Phi) is 7.66. The Morgan fingerprint density at radius 2 is 1.69 bits per heavy atom. The van der Waals surface area contributed by atoms with Gasteiger partial charge < -0.3 is 35.0 Å². The average Bonchev–Trinajstić information content (AvgIpc) is 3.33. The van der Waals surface area contributed by atoms with Gasteiger partial charge in [-0.25, -0.2) is 0 Å². The summed E-state index contributed by atoms with van der Waals surface area (Å²) in [4.78, 5) is 16.5. The van der Waals surface area contributed by atoms with Crippen LogP contribution in [0.4, 0.5) is 0 Å². The minimum absolute atomic E-state index is 0.0958. The van der Waals surface area contributed by atoms with E-state index in [1.807, 2.05) is 0 Å². The summed E-state index contributed by atoms with van der Waals surface area (Å²) in [6.07, 6.45) is 1.67. The summed E-state index contributed by atoms with van der Waals surface area (Å²) in [5.74, 6) is 3.79. The van der Waals surface area contributed by atoms with Gasteiger partial charge in [0.25, 0.3) is 0 Å². The molecule has 0 bridgehead atoms. The minimum Gasteiger partial charge on any atom is -0.394 e. The van der Waals surface area contributed by atoms with Crippen LogP contribution in [-0.4, -0.2) is 104 Å². The number of piperidine rings is 2.